The van der Waals surface area contributed by atoms with E-state index in [-0.39, 0.29) is 13.0 Å². The molecular formula is C13H11Cl2N3O2. The molecule has 0 saturated carbocycles. The SMILES string of the molecule is C[C@]1(c2ccc(Cl)cc2Cl)NC(=O)N(CCC#N)C1=O. The molecule has 1 aliphatic heterocycles. The lowest BCUT2D eigenvalue weighted by molar-refractivity contribution is -0.131. The Morgan fingerprint density at radius 1 is 1.40 bits per heavy atom. The molecule has 1 N–H and O–H groups in total. The summed E-state index contributed by atoms with van der Waals surface area (Å²) in [6.45, 7) is 1.64. The standard InChI is InChI=1S/C13H11Cl2N3O2/c1-13(9-4-3-8(14)7-10(9)15)11(19)18(6-2-5-16)12(20)17-13/h3-4,7H,2,6H2,1H3,(H,17,20)/t13-/m1/s1. The highest BCUT2D eigenvalue weighted by atomic mass is 35.5. The molecule has 0 spiro atoms. The number of hydrogen-bond donors (Lipinski definition) is 1. The van der Waals surface area contributed by atoms with Gasteiger partial charge in [0.1, 0.15) is 5.54 Å². The molecule has 1 fully saturated rings. The van der Waals surface area contributed by atoms with Gasteiger partial charge in [-0.1, -0.05) is 29.3 Å². The molecule has 5 nitrogen and oxygen atoms in total. The number of carbonyl (C=O) groups excluding carboxylic acids is 2. The minimum absolute atomic E-state index is 0.0575. The Morgan fingerprint density at radius 3 is 2.70 bits per heavy atom. The zero-order valence-electron chi connectivity index (χ0n) is 10.6. The van der Waals surface area contributed by atoms with E-state index in [1.165, 1.54) is 6.07 Å². The van der Waals surface area contributed by atoms with Crippen LogP contribution in [0, 0.1) is 11.3 Å². The lowest BCUT2D eigenvalue weighted by Gasteiger charge is -2.23. The number of hydrogen-bond acceptors (Lipinski definition) is 3. The number of nitriles is 1. The minimum atomic E-state index is -1.24. The zero-order chi connectivity index (χ0) is 14.9. The number of amides is 3. The van der Waals surface area contributed by atoms with Gasteiger partial charge in [-0.25, -0.2) is 4.79 Å². The molecule has 0 bridgehead atoms. The number of halogens is 2. The molecular weight excluding hydrogens is 301 g/mol. The van der Waals surface area contributed by atoms with Gasteiger partial charge in [-0.15, -0.1) is 0 Å². The van der Waals surface area contributed by atoms with Gasteiger partial charge < -0.3 is 5.32 Å². The third kappa shape index (κ3) is 2.33. The van der Waals surface area contributed by atoms with E-state index in [0.717, 1.165) is 4.90 Å². The monoisotopic (exact) mass is 311 g/mol. The summed E-state index contributed by atoms with van der Waals surface area (Å²) in [4.78, 5) is 25.3. The Morgan fingerprint density at radius 2 is 2.10 bits per heavy atom. The van der Waals surface area contributed by atoms with Crippen LogP contribution in [0.2, 0.25) is 10.0 Å². The molecule has 7 heteroatoms. The van der Waals surface area contributed by atoms with Gasteiger partial charge in [0.05, 0.1) is 12.5 Å². The third-order valence-corrected chi connectivity index (χ3v) is 3.74. The maximum atomic E-state index is 12.4. The molecule has 3 amide bonds. The molecule has 104 valence electrons. The number of carbonyl (C=O) groups is 2. The molecule has 20 heavy (non-hydrogen) atoms. The summed E-state index contributed by atoms with van der Waals surface area (Å²) in [7, 11) is 0. The molecule has 1 saturated heterocycles. The van der Waals surface area contributed by atoms with E-state index >= 15 is 0 Å². The molecule has 0 aromatic heterocycles. The average molecular weight is 312 g/mol. The first-order valence-corrected chi connectivity index (χ1v) is 6.62. The second kappa shape index (κ2) is 5.31. The first-order chi connectivity index (χ1) is 9.40. The first kappa shape index (κ1) is 14.6. The topological polar surface area (TPSA) is 73.2 Å². The summed E-state index contributed by atoms with van der Waals surface area (Å²) < 4.78 is 0. The maximum absolute atomic E-state index is 12.4. The Kier molecular flexibility index (Phi) is 3.89. The van der Waals surface area contributed by atoms with E-state index in [9.17, 15) is 9.59 Å². The largest absolute Gasteiger partial charge is 0.325 e. The van der Waals surface area contributed by atoms with Gasteiger partial charge in [0.2, 0.25) is 0 Å². The molecule has 1 heterocycles. The molecule has 0 radical (unpaired) electrons. The highest BCUT2D eigenvalue weighted by Crippen LogP contribution is 2.34. The van der Waals surface area contributed by atoms with Crippen molar-refractivity contribution >= 4 is 35.1 Å². The van der Waals surface area contributed by atoms with E-state index < -0.39 is 17.5 Å². The minimum Gasteiger partial charge on any atom is -0.319 e. The molecule has 1 aliphatic rings. The normalized spacial score (nSPS) is 21.8. The van der Waals surface area contributed by atoms with Crippen LogP contribution >= 0.6 is 23.2 Å². The summed E-state index contributed by atoms with van der Waals surface area (Å²) >= 11 is 11.9. The quantitative estimate of drug-likeness (QED) is 0.872. The lowest BCUT2D eigenvalue weighted by atomic mass is 9.92. The number of imide groups is 1. The summed E-state index contributed by atoms with van der Waals surface area (Å²) in [6, 6.07) is 6.10. The first-order valence-electron chi connectivity index (χ1n) is 5.86. The number of nitrogens with one attached hydrogen (secondary N) is 1. The van der Waals surface area contributed by atoms with Crippen molar-refractivity contribution in [2.24, 2.45) is 0 Å². The second-order valence-corrected chi connectivity index (χ2v) is 5.39. The average Bonchev–Trinajstić information content (AvgIpc) is 2.59. The van der Waals surface area contributed by atoms with Crippen LogP contribution in [0.1, 0.15) is 18.9 Å². The fourth-order valence-corrected chi connectivity index (χ4v) is 2.74. The summed E-state index contributed by atoms with van der Waals surface area (Å²) in [6.07, 6.45) is 0.0869. The van der Waals surface area contributed by atoms with Crippen molar-refractivity contribution in [2.75, 3.05) is 6.54 Å². The molecule has 1 aromatic rings. The van der Waals surface area contributed by atoms with E-state index in [1.807, 2.05) is 6.07 Å². The maximum Gasteiger partial charge on any atom is 0.325 e. The Hall–Kier alpha value is -1.77. The van der Waals surface area contributed by atoms with Crippen LogP contribution in [0.25, 0.3) is 0 Å². The van der Waals surface area contributed by atoms with Gasteiger partial charge in [0, 0.05) is 22.2 Å². The second-order valence-electron chi connectivity index (χ2n) is 4.54. The van der Waals surface area contributed by atoms with Gasteiger partial charge in [-0.3, -0.25) is 9.69 Å². The van der Waals surface area contributed by atoms with Crippen molar-refractivity contribution in [2.45, 2.75) is 18.9 Å². The predicted molar refractivity (Wildman–Crippen MR) is 74.3 cm³/mol. The van der Waals surface area contributed by atoms with Gasteiger partial charge in [-0.2, -0.15) is 5.26 Å². The Balaban J connectivity index is 2.38. The van der Waals surface area contributed by atoms with Gasteiger partial charge in [0.15, 0.2) is 0 Å². The van der Waals surface area contributed by atoms with E-state index in [4.69, 9.17) is 28.5 Å². The van der Waals surface area contributed by atoms with Crippen LogP contribution in [0.5, 0.6) is 0 Å². The zero-order valence-corrected chi connectivity index (χ0v) is 12.1. The number of benzene rings is 1. The third-order valence-electron chi connectivity index (χ3n) is 3.19. The Labute approximate surface area is 126 Å². The van der Waals surface area contributed by atoms with Crippen LogP contribution in [-0.4, -0.2) is 23.4 Å². The van der Waals surface area contributed by atoms with Crippen molar-refractivity contribution in [1.82, 2.24) is 10.2 Å². The van der Waals surface area contributed by atoms with Crippen molar-refractivity contribution < 1.29 is 9.59 Å². The van der Waals surface area contributed by atoms with E-state index in [0.29, 0.717) is 15.6 Å². The van der Waals surface area contributed by atoms with Crippen LogP contribution < -0.4 is 5.32 Å². The van der Waals surface area contributed by atoms with Crippen molar-refractivity contribution in [3.8, 4) is 6.07 Å². The van der Waals surface area contributed by atoms with Crippen LogP contribution in [0.3, 0.4) is 0 Å². The van der Waals surface area contributed by atoms with Gasteiger partial charge in [0.25, 0.3) is 5.91 Å². The highest BCUT2D eigenvalue weighted by Gasteiger charge is 2.49. The van der Waals surface area contributed by atoms with E-state index in [2.05, 4.69) is 5.32 Å². The highest BCUT2D eigenvalue weighted by molar-refractivity contribution is 6.35. The fourth-order valence-electron chi connectivity index (χ4n) is 2.14. The number of urea groups is 1. The summed E-state index contributed by atoms with van der Waals surface area (Å²) in [5.41, 5.74) is -0.768. The van der Waals surface area contributed by atoms with Gasteiger partial charge in [-0.05, 0) is 19.1 Å². The molecule has 1 atom stereocenters. The fraction of sp³-hybridized carbons (Fsp3) is 0.308. The molecule has 0 unspecified atom stereocenters. The molecule has 1 aromatic carbocycles. The van der Waals surface area contributed by atoms with Crippen LogP contribution in [0.15, 0.2) is 18.2 Å². The van der Waals surface area contributed by atoms with Gasteiger partial charge >= 0.3 is 6.03 Å². The van der Waals surface area contributed by atoms with Crippen molar-refractivity contribution in [3.05, 3.63) is 33.8 Å². The summed E-state index contributed by atoms with van der Waals surface area (Å²) in [5.74, 6) is -0.429. The van der Waals surface area contributed by atoms with Crippen LogP contribution in [0.4, 0.5) is 4.79 Å². The number of nitrogens with zero attached hydrogens (tertiary/aromatic N) is 2. The van der Waals surface area contributed by atoms with Crippen molar-refractivity contribution in [3.63, 3.8) is 0 Å². The Bertz CT molecular complexity index is 627. The lowest BCUT2D eigenvalue weighted by Crippen LogP contribution is -2.41. The molecule has 2 rings (SSSR count). The van der Waals surface area contributed by atoms with E-state index in [1.54, 1.807) is 19.1 Å². The van der Waals surface area contributed by atoms with Crippen LogP contribution in [-0.2, 0) is 10.3 Å². The number of rotatable bonds is 3. The van der Waals surface area contributed by atoms with Crippen molar-refractivity contribution in [1.29, 1.82) is 5.26 Å². The molecule has 0 aliphatic carbocycles. The predicted octanol–water partition coefficient (Wildman–Crippen LogP) is 2.67. The summed E-state index contributed by atoms with van der Waals surface area (Å²) in [5, 5.41) is 11.9. The smallest absolute Gasteiger partial charge is 0.319 e.